The largest absolute Gasteiger partial charge is 0.465 e. The number of rotatable bonds is 2. The molecule has 21 heavy (non-hydrogen) atoms. The predicted octanol–water partition coefficient (Wildman–Crippen LogP) is 4.25. The summed E-state index contributed by atoms with van der Waals surface area (Å²) in [4.78, 5) is 15.9. The third-order valence-corrected chi connectivity index (χ3v) is 4.85. The highest BCUT2D eigenvalue weighted by Gasteiger charge is 2.21. The number of amides is 1. The molecule has 0 radical (unpaired) electrons. The molecule has 1 aliphatic heterocycles. The van der Waals surface area contributed by atoms with Gasteiger partial charge in [0.2, 0.25) is 0 Å². The van der Waals surface area contributed by atoms with Crippen LogP contribution in [0.4, 0.5) is 4.79 Å². The number of likely N-dealkylation sites (tertiary alicyclic amines) is 1. The highest BCUT2D eigenvalue weighted by molar-refractivity contribution is 9.10. The molecule has 112 valence electrons. The molecule has 1 atom stereocenters. The molecular formula is C16H19BrN2O2. The molecule has 1 amide bonds. The molecule has 1 aromatic carbocycles. The van der Waals surface area contributed by atoms with Gasteiger partial charge in [-0.1, -0.05) is 15.9 Å². The van der Waals surface area contributed by atoms with Crippen LogP contribution in [0.3, 0.4) is 0 Å². The standard InChI is InChI=1S/C16H19BrN2O2/c17-13-3-4-15-14(9-13)12(10-18-15)8-11-2-1-6-19(7-5-11)16(20)21/h3-4,9-11,18H,1-2,5-8H2,(H,20,21). The van der Waals surface area contributed by atoms with Gasteiger partial charge >= 0.3 is 6.09 Å². The number of benzene rings is 1. The lowest BCUT2D eigenvalue weighted by molar-refractivity contribution is 0.146. The maximum absolute atomic E-state index is 11.1. The summed E-state index contributed by atoms with van der Waals surface area (Å²) < 4.78 is 1.09. The molecule has 0 aliphatic carbocycles. The first-order valence-corrected chi connectivity index (χ1v) is 8.16. The van der Waals surface area contributed by atoms with E-state index >= 15 is 0 Å². The van der Waals surface area contributed by atoms with Gasteiger partial charge in [0.05, 0.1) is 0 Å². The molecular weight excluding hydrogens is 332 g/mol. The van der Waals surface area contributed by atoms with Gasteiger partial charge in [0.15, 0.2) is 0 Å². The van der Waals surface area contributed by atoms with Gasteiger partial charge in [0.25, 0.3) is 0 Å². The van der Waals surface area contributed by atoms with Crippen LogP contribution in [-0.2, 0) is 6.42 Å². The smallest absolute Gasteiger partial charge is 0.407 e. The first kappa shape index (κ1) is 14.4. The van der Waals surface area contributed by atoms with Crippen molar-refractivity contribution >= 4 is 32.9 Å². The fourth-order valence-electron chi connectivity index (χ4n) is 3.19. The van der Waals surface area contributed by atoms with Gasteiger partial charge in [-0.05, 0) is 55.4 Å². The van der Waals surface area contributed by atoms with E-state index in [0.29, 0.717) is 19.0 Å². The van der Waals surface area contributed by atoms with Crippen LogP contribution >= 0.6 is 15.9 Å². The number of carboxylic acid groups (broad SMARTS) is 1. The minimum atomic E-state index is -0.785. The second kappa shape index (κ2) is 6.10. The molecule has 2 N–H and O–H groups in total. The van der Waals surface area contributed by atoms with Gasteiger partial charge in [0.1, 0.15) is 0 Å². The Balaban J connectivity index is 1.73. The van der Waals surface area contributed by atoms with Crippen molar-refractivity contribution in [2.75, 3.05) is 13.1 Å². The van der Waals surface area contributed by atoms with Crippen molar-refractivity contribution in [3.63, 3.8) is 0 Å². The predicted molar refractivity (Wildman–Crippen MR) is 86.6 cm³/mol. The Kier molecular flexibility index (Phi) is 4.19. The van der Waals surface area contributed by atoms with E-state index in [4.69, 9.17) is 5.11 Å². The van der Waals surface area contributed by atoms with E-state index < -0.39 is 6.09 Å². The Labute approximate surface area is 132 Å². The number of nitrogens with one attached hydrogen (secondary N) is 1. The van der Waals surface area contributed by atoms with Crippen molar-refractivity contribution in [1.82, 2.24) is 9.88 Å². The number of carbonyl (C=O) groups is 1. The van der Waals surface area contributed by atoms with Crippen LogP contribution in [0, 0.1) is 5.92 Å². The highest BCUT2D eigenvalue weighted by Crippen LogP contribution is 2.28. The zero-order valence-electron chi connectivity index (χ0n) is 11.8. The normalized spacial score (nSPS) is 19.7. The van der Waals surface area contributed by atoms with Crippen molar-refractivity contribution in [1.29, 1.82) is 0 Å². The van der Waals surface area contributed by atoms with Crippen molar-refractivity contribution in [3.8, 4) is 0 Å². The Morgan fingerprint density at radius 3 is 3.05 bits per heavy atom. The number of fused-ring (bicyclic) bond motifs is 1. The Morgan fingerprint density at radius 1 is 1.38 bits per heavy atom. The van der Waals surface area contributed by atoms with E-state index in [9.17, 15) is 4.79 Å². The van der Waals surface area contributed by atoms with Crippen LogP contribution in [-0.4, -0.2) is 34.2 Å². The molecule has 1 aromatic heterocycles. The zero-order chi connectivity index (χ0) is 14.8. The van der Waals surface area contributed by atoms with E-state index in [0.717, 1.165) is 35.7 Å². The van der Waals surface area contributed by atoms with E-state index in [2.05, 4.69) is 39.2 Å². The van der Waals surface area contributed by atoms with Crippen molar-refractivity contribution in [3.05, 3.63) is 34.4 Å². The van der Waals surface area contributed by atoms with Crippen LogP contribution in [0.5, 0.6) is 0 Å². The molecule has 0 spiro atoms. The molecule has 1 aliphatic rings. The van der Waals surface area contributed by atoms with Crippen molar-refractivity contribution in [2.45, 2.75) is 25.7 Å². The quantitative estimate of drug-likeness (QED) is 0.850. The molecule has 0 bridgehead atoms. The maximum Gasteiger partial charge on any atom is 0.407 e. The number of aromatic nitrogens is 1. The number of aromatic amines is 1. The summed E-state index contributed by atoms with van der Waals surface area (Å²) in [6.45, 7) is 1.33. The van der Waals surface area contributed by atoms with Crippen molar-refractivity contribution in [2.24, 2.45) is 5.92 Å². The molecule has 3 rings (SSSR count). The van der Waals surface area contributed by atoms with Crippen LogP contribution in [0.25, 0.3) is 10.9 Å². The molecule has 2 aromatic rings. The number of halogens is 1. The van der Waals surface area contributed by atoms with Gasteiger partial charge < -0.3 is 15.0 Å². The van der Waals surface area contributed by atoms with Gasteiger partial charge in [-0.25, -0.2) is 4.79 Å². The van der Waals surface area contributed by atoms with Gasteiger partial charge in [-0.15, -0.1) is 0 Å². The van der Waals surface area contributed by atoms with Crippen molar-refractivity contribution < 1.29 is 9.90 Å². The first-order chi connectivity index (χ1) is 10.1. The summed E-state index contributed by atoms with van der Waals surface area (Å²) in [5.74, 6) is 0.562. The molecule has 1 unspecified atom stereocenters. The van der Waals surface area contributed by atoms with Gasteiger partial charge in [-0.2, -0.15) is 0 Å². The molecule has 2 heterocycles. The first-order valence-electron chi connectivity index (χ1n) is 7.37. The lowest BCUT2D eigenvalue weighted by atomic mass is 9.92. The Bertz CT molecular complexity index is 653. The lowest BCUT2D eigenvalue weighted by Crippen LogP contribution is -2.30. The average molecular weight is 351 g/mol. The second-order valence-corrected chi connectivity index (χ2v) is 6.69. The molecule has 0 saturated carbocycles. The summed E-state index contributed by atoms with van der Waals surface area (Å²) >= 11 is 3.53. The van der Waals surface area contributed by atoms with E-state index in [1.165, 1.54) is 10.9 Å². The van der Waals surface area contributed by atoms with Crippen LogP contribution in [0.2, 0.25) is 0 Å². The topological polar surface area (TPSA) is 56.3 Å². The molecule has 4 nitrogen and oxygen atoms in total. The summed E-state index contributed by atoms with van der Waals surface area (Å²) in [7, 11) is 0. The fraction of sp³-hybridized carbons (Fsp3) is 0.438. The SMILES string of the molecule is O=C(O)N1CCCC(Cc2c[nH]c3ccc(Br)cc23)CC1. The van der Waals surface area contributed by atoms with E-state index in [1.807, 2.05) is 6.07 Å². The number of hydrogen-bond donors (Lipinski definition) is 2. The Hall–Kier alpha value is -1.49. The summed E-state index contributed by atoms with van der Waals surface area (Å²) in [6.07, 6.45) is 5.34. The van der Waals surface area contributed by atoms with Crippen LogP contribution in [0.15, 0.2) is 28.9 Å². The highest BCUT2D eigenvalue weighted by atomic mass is 79.9. The zero-order valence-corrected chi connectivity index (χ0v) is 13.4. The fourth-order valence-corrected chi connectivity index (χ4v) is 3.55. The third-order valence-electron chi connectivity index (χ3n) is 4.36. The Morgan fingerprint density at radius 2 is 2.24 bits per heavy atom. The molecule has 5 heteroatoms. The number of nitrogens with zero attached hydrogens (tertiary/aromatic N) is 1. The van der Waals surface area contributed by atoms with Crippen LogP contribution < -0.4 is 0 Å². The summed E-state index contributed by atoms with van der Waals surface area (Å²) in [5.41, 5.74) is 2.49. The average Bonchev–Trinajstić information content (AvgIpc) is 2.69. The molecule has 1 fully saturated rings. The third kappa shape index (κ3) is 3.23. The lowest BCUT2D eigenvalue weighted by Gasteiger charge is -2.16. The monoisotopic (exact) mass is 350 g/mol. The van der Waals surface area contributed by atoms with E-state index in [1.54, 1.807) is 4.90 Å². The summed E-state index contributed by atoms with van der Waals surface area (Å²) in [5, 5.41) is 10.4. The minimum absolute atomic E-state index is 0.562. The second-order valence-electron chi connectivity index (χ2n) is 5.77. The maximum atomic E-state index is 11.1. The minimum Gasteiger partial charge on any atom is -0.465 e. The number of hydrogen-bond acceptors (Lipinski definition) is 1. The molecule has 1 saturated heterocycles. The van der Waals surface area contributed by atoms with E-state index in [-0.39, 0.29) is 0 Å². The van der Waals surface area contributed by atoms with Gasteiger partial charge in [-0.3, -0.25) is 0 Å². The number of H-pyrrole nitrogens is 1. The van der Waals surface area contributed by atoms with Crippen LogP contribution in [0.1, 0.15) is 24.8 Å². The van der Waals surface area contributed by atoms with Gasteiger partial charge in [0, 0.05) is 34.7 Å². The summed E-state index contributed by atoms with van der Waals surface area (Å²) in [6, 6.07) is 6.28.